The second kappa shape index (κ2) is 7.20. The Bertz CT molecular complexity index is 795. The maximum atomic E-state index is 13.4. The molecule has 2 heterocycles. The molecule has 4 N–H and O–H groups in total. The molecule has 1 saturated heterocycles. The van der Waals surface area contributed by atoms with E-state index in [9.17, 15) is 9.60 Å². The van der Waals surface area contributed by atoms with Crippen molar-refractivity contribution in [1.29, 1.82) is 0 Å². The Morgan fingerprint density at radius 1 is 1.52 bits per heavy atom. The van der Waals surface area contributed by atoms with E-state index in [1.165, 1.54) is 36.0 Å². The maximum Gasteiger partial charge on any atom is 0.198 e. The number of aromatic nitrogens is 2. The number of hydrogen-bond donors (Lipinski definition) is 4. The van der Waals surface area contributed by atoms with Crippen molar-refractivity contribution in [3.05, 3.63) is 40.8 Å². The molecule has 2 unspecified atom stereocenters. The van der Waals surface area contributed by atoms with Gasteiger partial charge in [0, 0.05) is 30.5 Å². The van der Waals surface area contributed by atoms with E-state index in [2.05, 4.69) is 30.2 Å². The topological polar surface area (TPSA) is 108 Å². The number of amidine groups is 1. The van der Waals surface area contributed by atoms with Crippen LogP contribution in [-0.4, -0.2) is 39.7 Å². The van der Waals surface area contributed by atoms with E-state index in [0.717, 1.165) is 29.8 Å². The van der Waals surface area contributed by atoms with Gasteiger partial charge in [-0.1, -0.05) is 23.0 Å². The lowest BCUT2D eigenvalue weighted by atomic mass is 9.83. The first-order chi connectivity index (χ1) is 12.2. The molecule has 8 nitrogen and oxygen atoms in total. The summed E-state index contributed by atoms with van der Waals surface area (Å²) in [5.74, 6) is 0.635. The summed E-state index contributed by atoms with van der Waals surface area (Å²) in [6.07, 6.45) is 0.720. The highest BCUT2D eigenvalue weighted by molar-refractivity contribution is 7.99. The van der Waals surface area contributed by atoms with Crippen molar-refractivity contribution in [2.24, 2.45) is 5.16 Å². The first kappa shape index (κ1) is 16.6. The fraction of sp³-hybridized carbons (Fsp3) is 0.357. The predicted octanol–water partition coefficient (Wildman–Crippen LogP) is 1.45. The van der Waals surface area contributed by atoms with Crippen LogP contribution in [0.2, 0.25) is 0 Å². The van der Waals surface area contributed by atoms with Gasteiger partial charge in [-0.25, -0.2) is 18.5 Å². The molecule has 2 aromatic rings. The van der Waals surface area contributed by atoms with E-state index in [-0.39, 0.29) is 17.7 Å². The molecule has 1 aromatic heterocycles. The van der Waals surface area contributed by atoms with Crippen LogP contribution in [0.15, 0.2) is 33.0 Å². The third-order valence-electron chi connectivity index (χ3n) is 4.05. The number of nitrogens with one attached hydrogen (secondary N) is 3. The second-order valence-electron chi connectivity index (χ2n) is 5.69. The van der Waals surface area contributed by atoms with E-state index < -0.39 is 0 Å². The van der Waals surface area contributed by atoms with Crippen LogP contribution < -0.4 is 14.8 Å². The van der Waals surface area contributed by atoms with Gasteiger partial charge in [-0.3, -0.25) is 0 Å². The number of hydrogen-bond acceptors (Lipinski definition) is 9. The normalized spacial score (nSPS) is 22.5. The lowest BCUT2D eigenvalue weighted by Gasteiger charge is -2.31. The molecule has 2 atom stereocenters. The minimum Gasteiger partial charge on any atom is -0.409 e. The molecule has 132 valence electrons. The average molecular weight is 382 g/mol. The summed E-state index contributed by atoms with van der Waals surface area (Å²) >= 11 is 2.93. The predicted molar refractivity (Wildman–Crippen MR) is 91.8 cm³/mol. The number of oxime groups is 1. The number of rotatable bonds is 5. The largest absolute Gasteiger partial charge is 0.409 e. The molecule has 25 heavy (non-hydrogen) atoms. The molecule has 0 radical (unpaired) electrons. The summed E-state index contributed by atoms with van der Waals surface area (Å²) in [6.45, 7) is 0.849. The summed E-state index contributed by atoms with van der Waals surface area (Å²) in [7, 11) is 0. The molecule has 0 bridgehead atoms. The van der Waals surface area contributed by atoms with Crippen LogP contribution in [0.1, 0.15) is 22.9 Å². The van der Waals surface area contributed by atoms with E-state index in [4.69, 9.17) is 4.63 Å². The first-order valence-corrected chi connectivity index (χ1v) is 9.41. The van der Waals surface area contributed by atoms with Crippen LogP contribution >= 0.6 is 23.9 Å². The Labute approximate surface area is 151 Å². The van der Waals surface area contributed by atoms with Crippen LogP contribution in [0.4, 0.5) is 4.39 Å². The molecule has 0 amide bonds. The monoisotopic (exact) mass is 382 g/mol. The van der Waals surface area contributed by atoms with Gasteiger partial charge in [-0.2, -0.15) is 0 Å². The van der Waals surface area contributed by atoms with Gasteiger partial charge in [0.1, 0.15) is 5.82 Å². The lowest BCUT2D eigenvalue weighted by molar-refractivity contribution is 0.296. The van der Waals surface area contributed by atoms with Gasteiger partial charge in [-0.15, -0.1) is 0 Å². The smallest absolute Gasteiger partial charge is 0.198 e. The molecule has 1 aliphatic heterocycles. The van der Waals surface area contributed by atoms with E-state index >= 15 is 0 Å². The average Bonchev–Trinajstić information content (AvgIpc) is 3.27. The summed E-state index contributed by atoms with van der Waals surface area (Å²) in [6, 6.07) is 4.85. The second-order valence-corrected chi connectivity index (χ2v) is 7.42. The maximum absolute atomic E-state index is 13.4. The molecule has 4 rings (SSSR count). The van der Waals surface area contributed by atoms with E-state index in [1.807, 2.05) is 0 Å². The highest BCUT2D eigenvalue weighted by Crippen LogP contribution is 2.34. The van der Waals surface area contributed by atoms with Crippen molar-refractivity contribution >= 4 is 29.7 Å². The fourth-order valence-electron chi connectivity index (χ4n) is 2.71. The number of nitrogens with zero attached hydrogens (tertiary/aromatic N) is 3. The first-order valence-electron chi connectivity index (χ1n) is 7.61. The van der Waals surface area contributed by atoms with Gasteiger partial charge < -0.3 is 10.5 Å². The Balaban J connectivity index is 1.44. The van der Waals surface area contributed by atoms with Crippen LogP contribution in [0.25, 0.3) is 0 Å². The van der Waals surface area contributed by atoms with Gasteiger partial charge in [0.25, 0.3) is 0 Å². The van der Waals surface area contributed by atoms with E-state index in [1.54, 1.807) is 6.07 Å². The van der Waals surface area contributed by atoms with Crippen molar-refractivity contribution in [3.8, 4) is 0 Å². The summed E-state index contributed by atoms with van der Waals surface area (Å²) < 4.78 is 24.6. The molecular weight excluding hydrogens is 367 g/mol. The van der Waals surface area contributed by atoms with Gasteiger partial charge in [0.15, 0.2) is 16.6 Å². The lowest BCUT2D eigenvalue weighted by Crippen LogP contribution is -2.36. The standard InChI is InChI=1S/C14H15FN6O2S2/c15-8-2-1-7-3-11(10(7)4-8)17-13(18-22)12-14(20-23-19-12)24-6-9-5-16-25-21-9/h1-2,4,9,11,16,21-22H,3,5-6H2,(H,17,18). The van der Waals surface area contributed by atoms with Gasteiger partial charge in [0.05, 0.1) is 6.04 Å². The number of fused-ring (bicyclic) bond motifs is 1. The van der Waals surface area contributed by atoms with Crippen LogP contribution in [0.5, 0.6) is 0 Å². The van der Waals surface area contributed by atoms with Crippen molar-refractivity contribution in [2.75, 3.05) is 12.3 Å². The van der Waals surface area contributed by atoms with Crippen molar-refractivity contribution in [3.63, 3.8) is 0 Å². The highest BCUT2D eigenvalue weighted by atomic mass is 32.2. The Hall–Kier alpha value is -1.82. The molecule has 0 spiro atoms. The number of halogens is 1. The highest BCUT2D eigenvalue weighted by Gasteiger charge is 2.30. The van der Waals surface area contributed by atoms with Crippen molar-refractivity contribution in [1.82, 2.24) is 25.1 Å². The van der Waals surface area contributed by atoms with Crippen LogP contribution in [0.3, 0.4) is 0 Å². The van der Waals surface area contributed by atoms with Crippen molar-refractivity contribution in [2.45, 2.75) is 23.5 Å². The summed E-state index contributed by atoms with van der Waals surface area (Å²) in [5.41, 5.74) is 2.27. The van der Waals surface area contributed by atoms with Crippen LogP contribution in [-0.2, 0) is 6.42 Å². The Morgan fingerprint density at radius 3 is 3.24 bits per heavy atom. The van der Waals surface area contributed by atoms with E-state index in [0.29, 0.717) is 16.8 Å². The third-order valence-corrected chi connectivity index (χ3v) is 5.92. The Morgan fingerprint density at radius 2 is 2.44 bits per heavy atom. The molecule has 2 aliphatic rings. The van der Waals surface area contributed by atoms with Gasteiger partial charge in [0.2, 0.25) is 0 Å². The molecule has 1 aliphatic carbocycles. The molecular formula is C14H15FN6O2S2. The SMILES string of the molecule is O/N=C(\NC1Cc2ccc(F)cc21)c1nonc1SCC1CNSN1. The van der Waals surface area contributed by atoms with Crippen molar-refractivity contribution < 1.29 is 14.2 Å². The zero-order valence-electron chi connectivity index (χ0n) is 12.9. The fourth-order valence-corrected chi connectivity index (χ4v) is 4.44. The molecule has 11 heteroatoms. The number of benzene rings is 1. The minimum absolute atomic E-state index is 0.136. The quantitative estimate of drug-likeness (QED) is 0.153. The van der Waals surface area contributed by atoms with Crippen LogP contribution in [0, 0.1) is 5.82 Å². The van der Waals surface area contributed by atoms with Gasteiger partial charge in [-0.05, 0) is 40.0 Å². The molecule has 1 fully saturated rings. The zero-order valence-corrected chi connectivity index (χ0v) is 14.5. The van der Waals surface area contributed by atoms with Gasteiger partial charge >= 0.3 is 0 Å². The molecule has 0 saturated carbocycles. The Kier molecular flexibility index (Phi) is 4.79. The third kappa shape index (κ3) is 3.45. The number of thioether (sulfide) groups is 1. The summed E-state index contributed by atoms with van der Waals surface area (Å²) in [5, 5.41) is 24.0. The molecule has 1 aromatic carbocycles. The minimum atomic E-state index is -0.289. The summed E-state index contributed by atoms with van der Waals surface area (Å²) in [4.78, 5) is 0. The zero-order chi connectivity index (χ0) is 17.2.